The van der Waals surface area contributed by atoms with Crippen molar-refractivity contribution in [2.45, 2.75) is 32.4 Å². The number of nitrogens with zero attached hydrogens (tertiary/aromatic N) is 2. The van der Waals surface area contributed by atoms with Crippen molar-refractivity contribution in [2.75, 3.05) is 12.4 Å². The van der Waals surface area contributed by atoms with E-state index in [2.05, 4.69) is 27.9 Å². The monoisotopic (exact) mass is 257 g/mol. The topological polar surface area (TPSA) is 39.1 Å². The summed E-state index contributed by atoms with van der Waals surface area (Å²) in [6.07, 6.45) is 6.45. The Hall–Kier alpha value is -1.97. The van der Waals surface area contributed by atoms with Gasteiger partial charge < -0.3 is 14.6 Å². The van der Waals surface area contributed by atoms with Gasteiger partial charge in [-0.1, -0.05) is 0 Å². The lowest BCUT2D eigenvalue weighted by atomic mass is 10.2. The Kier molecular flexibility index (Phi) is 3.15. The number of imidazole rings is 1. The van der Waals surface area contributed by atoms with Crippen LogP contribution in [0.1, 0.15) is 30.1 Å². The van der Waals surface area contributed by atoms with Gasteiger partial charge in [0.05, 0.1) is 25.7 Å². The lowest BCUT2D eigenvalue weighted by Crippen LogP contribution is -2.06. The fraction of sp³-hybridized carbons (Fsp3) is 0.400. The first-order chi connectivity index (χ1) is 9.28. The minimum absolute atomic E-state index is 0.677. The molecule has 0 atom stereocenters. The number of nitrogens with one attached hydrogen (secondary N) is 1. The van der Waals surface area contributed by atoms with Gasteiger partial charge in [-0.2, -0.15) is 0 Å². The second-order valence-electron chi connectivity index (χ2n) is 5.06. The average molecular weight is 257 g/mol. The van der Waals surface area contributed by atoms with E-state index in [0.717, 1.165) is 18.0 Å². The van der Waals surface area contributed by atoms with E-state index < -0.39 is 0 Å². The first kappa shape index (κ1) is 12.1. The highest BCUT2D eigenvalue weighted by molar-refractivity contribution is 5.53. The van der Waals surface area contributed by atoms with Crippen molar-refractivity contribution in [3.63, 3.8) is 0 Å². The van der Waals surface area contributed by atoms with E-state index in [4.69, 9.17) is 4.74 Å². The van der Waals surface area contributed by atoms with Gasteiger partial charge in [0, 0.05) is 17.9 Å². The predicted molar refractivity (Wildman–Crippen MR) is 75.6 cm³/mol. The van der Waals surface area contributed by atoms with Crippen LogP contribution in [0.3, 0.4) is 0 Å². The first-order valence-corrected chi connectivity index (χ1v) is 6.67. The van der Waals surface area contributed by atoms with Gasteiger partial charge in [0.1, 0.15) is 5.75 Å². The summed E-state index contributed by atoms with van der Waals surface area (Å²) >= 11 is 0. The van der Waals surface area contributed by atoms with Gasteiger partial charge in [-0.15, -0.1) is 0 Å². The largest absolute Gasteiger partial charge is 0.497 e. The van der Waals surface area contributed by atoms with Crippen molar-refractivity contribution in [1.29, 1.82) is 0 Å². The van der Waals surface area contributed by atoms with Crippen molar-refractivity contribution in [3.05, 3.63) is 42.0 Å². The summed E-state index contributed by atoms with van der Waals surface area (Å²) in [5.41, 5.74) is 3.58. The molecule has 0 radical (unpaired) electrons. The van der Waals surface area contributed by atoms with Crippen LogP contribution in [0.5, 0.6) is 5.75 Å². The highest BCUT2D eigenvalue weighted by atomic mass is 16.5. The van der Waals surface area contributed by atoms with Crippen LogP contribution in [0.15, 0.2) is 30.7 Å². The summed E-state index contributed by atoms with van der Waals surface area (Å²) in [6, 6.07) is 6.76. The molecule has 0 saturated heterocycles. The quantitative estimate of drug-likeness (QED) is 0.894. The zero-order valence-electron chi connectivity index (χ0n) is 11.4. The Bertz CT molecular complexity index is 573. The number of anilines is 1. The highest BCUT2D eigenvalue weighted by Gasteiger charge is 2.24. The Morgan fingerprint density at radius 1 is 1.42 bits per heavy atom. The standard InChI is InChI=1S/C15H19N3O/c1-11-7-14(19-2)5-6-15(11)17-9-13-8-16-10-18(13)12-3-4-12/h5-8,10,12,17H,3-4,9H2,1-2H3. The van der Waals surface area contributed by atoms with E-state index in [1.807, 2.05) is 24.7 Å². The molecular formula is C15H19N3O. The van der Waals surface area contributed by atoms with Gasteiger partial charge in [-0.25, -0.2) is 4.98 Å². The Balaban J connectivity index is 1.70. The number of ether oxygens (including phenoxy) is 1. The average Bonchev–Trinajstić information content (AvgIpc) is 3.16. The van der Waals surface area contributed by atoms with Crippen LogP contribution in [0, 0.1) is 6.92 Å². The van der Waals surface area contributed by atoms with Gasteiger partial charge in [0.2, 0.25) is 0 Å². The molecule has 1 heterocycles. The number of methoxy groups -OCH3 is 1. The molecule has 1 aliphatic rings. The minimum atomic E-state index is 0.677. The van der Waals surface area contributed by atoms with Gasteiger partial charge in [-0.05, 0) is 43.5 Å². The van der Waals surface area contributed by atoms with E-state index >= 15 is 0 Å². The lowest BCUT2D eigenvalue weighted by molar-refractivity contribution is 0.414. The molecule has 0 bridgehead atoms. The van der Waals surface area contributed by atoms with E-state index in [1.54, 1.807) is 7.11 Å². The second kappa shape index (κ2) is 4.96. The molecule has 4 heteroatoms. The molecule has 2 aromatic rings. The lowest BCUT2D eigenvalue weighted by Gasteiger charge is -2.12. The summed E-state index contributed by atoms with van der Waals surface area (Å²) in [5.74, 6) is 0.895. The zero-order chi connectivity index (χ0) is 13.2. The summed E-state index contributed by atoms with van der Waals surface area (Å²) in [5, 5.41) is 3.47. The molecule has 100 valence electrons. The maximum absolute atomic E-state index is 5.22. The second-order valence-corrected chi connectivity index (χ2v) is 5.06. The fourth-order valence-electron chi connectivity index (χ4n) is 2.30. The molecule has 0 unspecified atom stereocenters. The first-order valence-electron chi connectivity index (χ1n) is 6.67. The molecule has 1 saturated carbocycles. The van der Waals surface area contributed by atoms with E-state index in [-0.39, 0.29) is 0 Å². The summed E-state index contributed by atoms with van der Waals surface area (Å²) in [4.78, 5) is 4.25. The van der Waals surface area contributed by atoms with E-state index in [0.29, 0.717) is 6.04 Å². The number of aromatic nitrogens is 2. The van der Waals surface area contributed by atoms with Crippen LogP contribution in [0.4, 0.5) is 5.69 Å². The maximum atomic E-state index is 5.22. The van der Waals surface area contributed by atoms with Crippen molar-refractivity contribution < 1.29 is 4.74 Å². The van der Waals surface area contributed by atoms with Gasteiger partial charge in [-0.3, -0.25) is 0 Å². The number of hydrogen-bond acceptors (Lipinski definition) is 3. The number of hydrogen-bond donors (Lipinski definition) is 1. The molecule has 4 nitrogen and oxygen atoms in total. The minimum Gasteiger partial charge on any atom is -0.497 e. The molecule has 0 spiro atoms. The van der Waals surface area contributed by atoms with E-state index in [9.17, 15) is 0 Å². The van der Waals surface area contributed by atoms with Crippen molar-refractivity contribution in [3.8, 4) is 5.75 Å². The predicted octanol–water partition coefficient (Wildman–Crippen LogP) is 3.15. The van der Waals surface area contributed by atoms with Gasteiger partial charge >= 0.3 is 0 Å². The number of benzene rings is 1. The zero-order valence-corrected chi connectivity index (χ0v) is 11.4. The Labute approximate surface area is 113 Å². The molecule has 19 heavy (non-hydrogen) atoms. The van der Waals surface area contributed by atoms with E-state index in [1.165, 1.54) is 24.1 Å². The third-order valence-corrected chi connectivity index (χ3v) is 3.58. The summed E-state index contributed by atoms with van der Waals surface area (Å²) in [6.45, 7) is 2.90. The smallest absolute Gasteiger partial charge is 0.119 e. The molecule has 1 aromatic heterocycles. The molecule has 0 amide bonds. The van der Waals surface area contributed by atoms with Gasteiger partial charge in [0.15, 0.2) is 0 Å². The van der Waals surface area contributed by atoms with Crippen LogP contribution in [0.2, 0.25) is 0 Å². The summed E-state index contributed by atoms with van der Waals surface area (Å²) in [7, 11) is 1.69. The van der Waals surface area contributed by atoms with Crippen LogP contribution in [0.25, 0.3) is 0 Å². The molecule has 0 aliphatic heterocycles. The number of rotatable bonds is 5. The Morgan fingerprint density at radius 2 is 2.26 bits per heavy atom. The van der Waals surface area contributed by atoms with Gasteiger partial charge in [0.25, 0.3) is 0 Å². The highest BCUT2D eigenvalue weighted by Crippen LogP contribution is 2.35. The molecular weight excluding hydrogens is 238 g/mol. The fourth-order valence-corrected chi connectivity index (χ4v) is 2.30. The normalized spacial score (nSPS) is 14.4. The van der Waals surface area contributed by atoms with Crippen LogP contribution in [-0.4, -0.2) is 16.7 Å². The third-order valence-electron chi connectivity index (χ3n) is 3.58. The van der Waals surface area contributed by atoms with Crippen LogP contribution < -0.4 is 10.1 Å². The SMILES string of the molecule is COc1ccc(NCc2cncn2C2CC2)c(C)c1. The Morgan fingerprint density at radius 3 is 2.95 bits per heavy atom. The van der Waals surface area contributed by atoms with Crippen LogP contribution in [-0.2, 0) is 6.54 Å². The molecule has 1 fully saturated rings. The molecule has 3 rings (SSSR count). The van der Waals surface area contributed by atoms with Crippen molar-refractivity contribution in [2.24, 2.45) is 0 Å². The number of aryl methyl sites for hydroxylation is 1. The summed E-state index contributed by atoms with van der Waals surface area (Å²) < 4.78 is 7.50. The van der Waals surface area contributed by atoms with Crippen molar-refractivity contribution >= 4 is 5.69 Å². The maximum Gasteiger partial charge on any atom is 0.119 e. The molecule has 1 N–H and O–H groups in total. The molecule has 1 aliphatic carbocycles. The molecule has 1 aromatic carbocycles. The van der Waals surface area contributed by atoms with Crippen LogP contribution >= 0.6 is 0 Å². The third kappa shape index (κ3) is 2.57. The van der Waals surface area contributed by atoms with Crippen molar-refractivity contribution in [1.82, 2.24) is 9.55 Å².